The summed E-state index contributed by atoms with van der Waals surface area (Å²) in [6.45, 7) is -2.93. The monoisotopic (exact) mass is 365 g/mol. The number of non-ortho nitro benzene ring substituents is 1. The molecule has 0 aliphatic carbocycles. The highest BCUT2D eigenvalue weighted by molar-refractivity contribution is 7.22. The average Bonchev–Trinajstić information content (AvgIpc) is 2.95. The molecule has 0 saturated heterocycles. The summed E-state index contributed by atoms with van der Waals surface area (Å²) in [4.78, 5) is 26.5. The van der Waals surface area contributed by atoms with Crippen LogP contribution in [-0.2, 0) is 0 Å². The number of alkyl halides is 2. The smallest absolute Gasteiger partial charge is 0.387 e. The lowest BCUT2D eigenvalue weighted by molar-refractivity contribution is -0.384. The summed E-state index contributed by atoms with van der Waals surface area (Å²) in [5.41, 5.74) is 0.405. The van der Waals surface area contributed by atoms with Crippen molar-refractivity contribution in [2.75, 3.05) is 5.32 Å². The lowest BCUT2D eigenvalue weighted by Crippen LogP contribution is -2.11. The first kappa shape index (κ1) is 16.7. The molecular formula is C15H9F2N3O4S. The van der Waals surface area contributed by atoms with Gasteiger partial charge in [0.25, 0.3) is 11.6 Å². The minimum absolute atomic E-state index is 0.0114. The van der Waals surface area contributed by atoms with Crippen LogP contribution in [0.25, 0.3) is 10.2 Å². The third-order valence-electron chi connectivity index (χ3n) is 3.12. The summed E-state index contributed by atoms with van der Waals surface area (Å²) in [6, 6.07) is 9.49. The molecule has 7 nitrogen and oxygen atoms in total. The van der Waals surface area contributed by atoms with Crippen LogP contribution in [0.15, 0.2) is 42.5 Å². The normalized spacial score (nSPS) is 10.8. The Labute approximate surface area is 143 Å². The maximum atomic E-state index is 12.2. The maximum absolute atomic E-state index is 12.2. The van der Waals surface area contributed by atoms with Gasteiger partial charge in [-0.3, -0.25) is 20.2 Å². The fourth-order valence-corrected chi connectivity index (χ4v) is 2.95. The van der Waals surface area contributed by atoms with Crippen molar-refractivity contribution in [2.45, 2.75) is 6.61 Å². The molecule has 2 aromatic carbocycles. The lowest BCUT2D eigenvalue weighted by Gasteiger charge is -2.02. The number of carbonyl (C=O) groups is 1. The van der Waals surface area contributed by atoms with E-state index in [-0.39, 0.29) is 22.1 Å². The number of nitro groups is 1. The standard InChI is InChI=1S/C15H9F2N3O4S/c16-14(17)24-10-4-5-11-12(7-10)25-15(18-11)19-13(21)8-2-1-3-9(6-8)20(22)23/h1-7,14H,(H,18,19,21). The number of thiazole rings is 1. The number of halogens is 2. The van der Waals surface area contributed by atoms with Gasteiger partial charge in [0.15, 0.2) is 5.13 Å². The average molecular weight is 365 g/mol. The molecule has 1 N–H and O–H groups in total. The SMILES string of the molecule is O=C(Nc1nc2ccc(OC(F)F)cc2s1)c1cccc([N+](=O)[O-])c1. The largest absolute Gasteiger partial charge is 0.435 e. The van der Waals surface area contributed by atoms with Crippen LogP contribution in [0.5, 0.6) is 5.75 Å². The molecule has 0 aliphatic heterocycles. The second kappa shape index (κ2) is 6.77. The maximum Gasteiger partial charge on any atom is 0.387 e. The molecule has 1 amide bonds. The van der Waals surface area contributed by atoms with Crippen molar-refractivity contribution in [3.05, 3.63) is 58.1 Å². The molecule has 0 saturated carbocycles. The number of fused-ring (bicyclic) bond motifs is 1. The summed E-state index contributed by atoms with van der Waals surface area (Å²) >= 11 is 1.07. The number of nitrogens with one attached hydrogen (secondary N) is 1. The van der Waals surface area contributed by atoms with Gasteiger partial charge in [0.1, 0.15) is 5.75 Å². The Morgan fingerprint density at radius 3 is 2.80 bits per heavy atom. The minimum Gasteiger partial charge on any atom is -0.435 e. The highest BCUT2D eigenvalue weighted by Gasteiger charge is 2.14. The van der Waals surface area contributed by atoms with E-state index in [0.29, 0.717) is 10.2 Å². The Hall–Kier alpha value is -3.14. The first-order valence-electron chi connectivity index (χ1n) is 6.83. The first-order valence-corrected chi connectivity index (χ1v) is 7.65. The number of ether oxygens (including phenoxy) is 1. The Morgan fingerprint density at radius 1 is 1.28 bits per heavy atom. The number of benzene rings is 2. The minimum atomic E-state index is -2.93. The number of anilines is 1. The highest BCUT2D eigenvalue weighted by atomic mass is 32.1. The lowest BCUT2D eigenvalue weighted by atomic mass is 10.2. The van der Waals surface area contributed by atoms with E-state index in [1.54, 1.807) is 0 Å². The van der Waals surface area contributed by atoms with E-state index in [9.17, 15) is 23.7 Å². The number of nitrogens with zero attached hydrogens (tertiary/aromatic N) is 2. The molecule has 0 atom stereocenters. The summed E-state index contributed by atoms with van der Waals surface area (Å²) in [5, 5.41) is 13.5. The van der Waals surface area contributed by atoms with Crippen LogP contribution in [-0.4, -0.2) is 22.4 Å². The second-order valence-electron chi connectivity index (χ2n) is 4.79. The first-order chi connectivity index (χ1) is 11.9. The van der Waals surface area contributed by atoms with Crippen molar-refractivity contribution in [3.8, 4) is 5.75 Å². The predicted molar refractivity (Wildman–Crippen MR) is 87.3 cm³/mol. The van der Waals surface area contributed by atoms with Gasteiger partial charge in [-0.05, 0) is 24.3 Å². The number of carbonyl (C=O) groups excluding carboxylic acids is 1. The fourth-order valence-electron chi connectivity index (χ4n) is 2.06. The van der Waals surface area contributed by atoms with E-state index < -0.39 is 17.4 Å². The van der Waals surface area contributed by atoms with Crippen LogP contribution in [0.3, 0.4) is 0 Å². The number of nitro benzene ring substituents is 1. The Bertz CT molecular complexity index is 961. The zero-order chi connectivity index (χ0) is 18.0. The summed E-state index contributed by atoms with van der Waals surface area (Å²) in [7, 11) is 0. The molecule has 0 unspecified atom stereocenters. The molecule has 128 valence electrons. The third kappa shape index (κ3) is 3.86. The summed E-state index contributed by atoms with van der Waals surface area (Å²) in [6.07, 6.45) is 0. The molecule has 3 rings (SSSR count). The van der Waals surface area contributed by atoms with E-state index in [2.05, 4.69) is 15.0 Å². The van der Waals surface area contributed by atoms with Crippen molar-refractivity contribution in [2.24, 2.45) is 0 Å². The molecule has 0 spiro atoms. The van der Waals surface area contributed by atoms with Crippen molar-refractivity contribution in [1.82, 2.24) is 4.98 Å². The number of hydrogen-bond acceptors (Lipinski definition) is 6. The second-order valence-corrected chi connectivity index (χ2v) is 5.82. The van der Waals surface area contributed by atoms with Gasteiger partial charge in [0.2, 0.25) is 0 Å². The number of rotatable bonds is 5. The van der Waals surface area contributed by atoms with Crippen LogP contribution in [0.2, 0.25) is 0 Å². The van der Waals surface area contributed by atoms with E-state index in [1.165, 1.54) is 36.4 Å². The quantitative estimate of drug-likeness (QED) is 0.543. The zero-order valence-corrected chi connectivity index (χ0v) is 13.1. The van der Waals surface area contributed by atoms with E-state index >= 15 is 0 Å². The molecule has 1 heterocycles. The molecule has 10 heteroatoms. The van der Waals surface area contributed by atoms with Gasteiger partial charge < -0.3 is 4.74 Å². The van der Waals surface area contributed by atoms with Crippen LogP contribution >= 0.6 is 11.3 Å². The van der Waals surface area contributed by atoms with Crippen molar-refractivity contribution in [1.29, 1.82) is 0 Å². The van der Waals surface area contributed by atoms with Crippen molar-refractivity contribution >= 4 is 38.3 Å². The zero-order valence-electron chi connectivity index (χ0n) is 12.3. The van der Waals surface area contributed by atoms with Gasteiger partial charge in [-0.1, -0.05) is 17.4 Å². The summed E-state index contributed by atoms with van der Waals surface area (Å²) in [5.74, 6) is -0.575. The van der Waals surface area contributed by atoms with Crippen LogP contribution in [0, 0.1) is 10.1 Å². The van der Waals surface area contributed by atoms with E-state index in [1.807, 2.05) is 0 Å². The topological polar surface area (TPSA) is 94.4 Å². The molecular weight excluding hydrogens is 356 g/mol. The predicted octanol–water partition coefficient (Wildman–Crippen LogP) is 4.06. The number of hydrogen-bond donors (Lipinski definition) is 1. The molecule has 25 heavy (non-hydrogen) atoms. The van der Waals surface area contributed by atoms with Crippen LogP contribution in [0.1, 0.15) is 10.4 Å². The molecule has 0 fully saturated rings. The van der Waals surface area contributed by atoms with Gasteiger partial charge >= 0.3 is 6.61 Å². The fraction of sp³-hybridized carbons (Fsp3) is 0.0667. The molecule has 3 aromatic rings. The summed E-state index contributed by atoms with van der Waals surface area (Å²) < 4.78 is 29.3. The van der Waals surface area contributed by atoms with Gasteiger partial charge in [-0.15, -0.1) is 0 Å². The Balaban J connectivity index is 1.81. The van der Waals surface area contributed by atoms with Gasteiger partial charge in [0.05, 0.1) is 15.1 Å². The molecule has 1 aromatic heterocycles. The van der Waals surface area contributed by atoms with Gasteiger partial charge in [-0.25, -0.2) is 4.98 Å². The van der Waals surface area contributed by atoms with Crippen LogP contribution < -0.4 is 10.1 Å². The van der Waals surface area contributed by atoms with Crippen molar-refractivity contribution in [3.63, 3.8) is 0 Å². The third-order valence-corrected chi connectivity index (χ3v) is 4.06. The highest BCUT2D eigenvalue weighted by Crippen LogP contribution is 2.30. The Morgan fingerprint density at radius 2 is 2.08 bits per heavy atom. The Kier molecular flexibility index (Phi) is 4.52. The van der Waals surface area contributed by atoms with Gasteiger partial charge in [0, 0.05) is 17.7 Å². The van der Waals surface area contributed by atoms with Crippen LogP contribution in [0.4, 0.5) is 19.6 Å². The number of amides is 1. The number of aromatic nitrogens is 1. The molecule has 0 aliphatic rings. The van der Waals surface area contributed by atoms with E-state index in [0.717, 1.165) is 17.4 Å². The molecule has 0 radical (unpaired) electrons. The molecule has 0 bridgehead atoms. The van der Waals surface area contributed by atoms with Crippen molar-refractivity contribution < 1.29 is 23.2 Å². The van der Waals surface area contributed by atoms with E-state index in [4.69, 9.17) is 0 Å². The van der Waals surface area contributed by atoms with Gasteiger partial charge in [-0.2, -0.15) is 8.78 Å².